The van der Waals surface area contributed by atoms with Crippen LogP contribution in [0, 0.1) is 13.8 Å². The lowest BCUT2D eigenvalue weighted by atomic mass is 10.1. The van der Waals surface area contributed by atoms with Gasteiger partial charge in [0.15, 0.2) is 0 Å². The average molecular weight is 376 g/mol. The summed E-state index contributed by atoms with van der Waals surface area (Å²) < 4.78 is 5.59. The molecule has 0 aliphatic carbocycles. The molecule has 0 aliphatic heterocycles. The first-order valence-electron chi connectivity index (χ1n) is 9.15. The Balaban J connectivity index is 1.62. The SMILES string of the molecule is Cc1ccc(Nc2cnc(C(=O)Nc3ccc(OC(C)C)cc3)cn2)cc1C. The topological polar surface area (TPSA) is 76.1 Å². The van der Waals surface area contributed by atoms with Crippen LogP contribution in [-0.2, 0) is 0 Å². The molecule has 0 fully saturated rings. The van der Waals surface area contributed by atoms with Crippen LogP contribution < -0.4 is 15.4 Å². The van der Waals surface area contributed by atoms with Gasteiger partial charge in [-0.05, 0) is 75.2 Å². The summed E-state index contributed by atoms with van der Waals surface area (Å²) in [6, 6.07) is 13.3. The number of hydrogen-bond acceptors (Lipinski definition) is 5. The molecule has 2 aromatic carbocycles. The summed E-state index contributed by atoms with van der Waals surface area (Å²) in [4.78, 5) is 20.9. The molecule has 0 radical (unpaired) electrons. The molecule has 0 unspecified atom stereocenters. The minimum Gasteiger partial charge on any atom is -0.491 e. The first-order chi connectivity index (χ1) is 13.4. The number of aryl methyl sites for hydroxylation is 2. The first kappa shape index (κ1) is 19.4. The summed E-state index contributed by atoms with van der Waals surface area (Å²) in [5, 5.41) is 5.99. The fraction of sp³-hybridized carbons (Fsp3) is 0.227. The molecule has 0 aliphatic rings. The molecule has 0 spiro atoms. The maximum absolute atomic E-state index is 12.4. The van der Waals surface area contributed by atoms with E-state index in [1.54, 1.807) is 18.3 Å². The van der Waals surface area contributed by atoms with Crippen LogP contribution in [0.25, 0.3) is 0 Å². The maximum atomic E-state index is 12.4. The van der Waals surface area contributed by atoms with Crippen molar-refractivity contribution in [2.24, 2.45) is 0 Å². The predicted octanol–water partition coefficient (Wildman–Crippen LogP) is 4.88. The summed E-state index contributed by atoms with van der Waals surface area (Å²) in [6.07, 6.45) is 3.10. The third-order valence-electron chi connectivity index (χ3n) is 4.15. The van der Waals surface area contributed by atoms with Crippen LogP contribution in [0.4, 0.5) is 17.2 Å². The number of aromatic nitrogens is 2. The molecule has 0 atom stereocenters. The molecule has 0 saturated carbocycles. The predicted molar refractivity (Wildman–Crippen MR) is 111 cm³/mol. The molecule has 0 bridgehead atoms. The van der Waals surface area contributed by atoms with Crippen molar-refractivity contribution >= 4 is 23.1 Å². The normalized spacial score (nSPS) is 10.6. The Labute approximate surface area is 165 Å². The number of anilines is 3. The fourth-order valence-corrected chi connectivity index (χ4v) is 2.56. The Kier molecular flexibility index (Phi) is 5.89. The van der Waals surface area contributed by atoms with Gasteiger partial charge in [-0.3, -0.25) is 4.79 Å². The van der Waals surface area contributed by atoms with E-state index in [-0.39, 0.29) is 17.7 Å². The second kappa shape index (κ2) is 8.52. The summed E-state index contributed by atoms with van der Waals surface area (Å²) >= 11 is 0. The maximum Gasteiger partial charge on any atom is 0.275 e. The Bertz CT molecular complexity index is 951. The van der Waals surface area contributed by atoms with E-state index in [0.29, 0.717) is 11.5 Å². The number of ether oxygens (including phenoxy) is 1. The molecule has 6 nitrogen and oxygen atoms in total. The lowest BCUT2D eigenvalue weighted by Gasteiger charge is -2.11. The van der Waals surface area contributed by atoms with E-state index < -0.39 is 0 Å². The molecule has 3 rings (SSSR count). The Morgan fingerprint density at radius 2 is 1.64 bits per heavy atom. The molecule has 0 saturated heterocycles. The van der Waals surface area contributed by atoms with Crippen molar-refractivity contribution in [3.8, 4) is 5.75 Å². The third-order valence-corrected chi connectivity index (χ3v) is 4.15. The van der Waals surface area contributed by atoms with Gasteiger partial charge in [0, 0.05) is 11.4 Å². The second-order valence-electron chi connectivity index (χ2n) is 6.86. The van der Waals surface area contributed by atoms with Gasteiger partial charge in [-0.15, -0.1) is 0 Å². The summed E-state index contributed by atoms with van der Waals surface area (Å²) in [7, 11) is 0. The highest BCUT2D eigenvalue weighted by Gasteiger charge is 2.09. The average Bonchev–Trinajstić information content (AvgIpc) is 2.66. The van der Waals surface area contributed by atoms with E-state index >= 15 is 0 Å². The molecule has 144 valence electrons. The molecule has 6 heteroatoms. The zero-order valence-corrected chi connectivity index (χ0v) is 16.5. The highest BCUT2D eigenvalue weighted by molar-refractivity contribution is 6.02. The molecular formula is C22H24N4O2. The summed E-state index contributed by atoms with van der Waals surface area (Å²) in [6.45, 7) is 8.05. The molecule has 28 heavy (non-hydrogen) atoms. The molecule has 1 aromatic heterocycles. The van der Waals surface area contributed by atoms with Crippen molar-refractivity contribution in [2.45, 2.75) is 33.8 Å². The Morgan fingerprint density at radius 1 is 0.929 bits per heavy atom. The van der Waals surface area contributed by atoms with Gasteiger partial charge in [0.2, 0.25) is 0 Å². The molecule has 1 amide bonds. The van der Waals surface area contributed by atoms with Crippen LogP contribution >= 0.6 is 0 Å². The second-order valence-corrected chi connectivity index (χ2v) is 6.86. The molecule has 3 aromatic rings. The van der Waals surface area contributed by atoms with Crippen molar-refractivity contribution in [1.82, 2.24) is 9.97 Å². The van der Waals surface area contributed by atoms with Crippen LogP contribution in [0.15, 0.2) is 54.9 Å². The standard InChI is InChI=1S/C22H24N4O2/c1-14(2)28-19-9-7-17(8-10-19)26-22(27)20-12-24-21(13-23-20)25-18-6-5-15(3)16(4)11-18/h5-14H,1-4H3,(H,24,25)(H,26,27). The van der Waals surface area contributed by atoms with Gasteiger partial charge in [0.05, 0.1) is 18.5 Å². The van der Waals surface area contributed by atoms with Crippen LogP contribution in [0.1, 0.15) is 35.5 Å². The zero-order valence-electron chi connectivity index (χ0n) is 16.5. The van der Waals surface area contributed by atoms with Gasteiger partial charge in [-0.25, -0.2) is 9.97 Å². The van der Waals surface area contributed by atoms with E-state index in [2.05, 4.69) is 34.4 Å². The van der Waals surface area contributed by atoms with Gasteiger partial charge in [-0.2, -0.15) is 0 Å². The summed E-state index contributed by atoms with van der Waals surface area (Å²) in [5.74, 6) is 1.02. The van der Waals surface area contributed by atoms with E-state index in [9.17, 15) is 4.79 Å². The zero-order chi connectivity index (χ0) is 20.1. The highest BCUT2D eigenvalue weighted by atomic mass is 16.5. The lowest BCUT2D eigenvalue weighted by molar-refractivity contribution is 0.102. The first-order valence-corrected chi connectivity index (χ1v) is 9.15. The smallest absolute Gasteiger partial charge is 0.275 e. The van der Waals surface area contributed by atoms with Gasteiger partial charge < -0.3 is 15.4 Å². The number of hydrogen-bond donors (Lipinski definition) is 2. The number of nitrogens with zero attached hydrogens (tertiary/aromatic N) is 2. The fourth-order valence-electron chi connectivity index (χ4n) is 2.56. The minimum absolute atomic E-state index is 0.103. The molecule has 1 heterocycles. The van der Waals surface area contributed by atoms with Crippen LogP contribution in [0.3, 0.4) is 0 Å². The van der Waals surface area contributed by atoms with Crippen LogP contribution in [0.2, 0.25) is 0 Å². The summed E-state index contributed by atoms with van der Waals surface area (Å²) in [5.41, 5.74) is 4.26. The van der Waals surface area contributed by atoms with Gasteiger partial charge in [0.1, 0.15) is 17.3 Å². The van der Waals surface area contributed by atoms with Crippen molar-refractivity contribution in [3.63, 3.8) is 0 Å². The highest BCUT2D eigenvalue weighted by Crippen LogP contribution is 2.19. The lowest BCUT2D eigenvalue weighted by Crippen LogP contribution is -2.14. The van der Waals surface area contributed by atoms with E-state index in [1.807, 2.05) is 44.2 Å². The van der Waals surface area contributed by atoms with Gasteiger partial charge in [0.25, 0.3) is 5.91 Å². The van der Waals surface area contributed by atoms with Gasteiger partial charge >= 0.3 is 0 Å². The molecular weight excluding hydrogens is 352 g/mol. The Morgan fingerprint density at radius 3 is 2.25 bits per heavy atom. The molecule has 2 N–H and O–H groups in total. The van der Waals surface area contributed by atoms with Crippen LogP contribution in [0.5, 0.6) is 5.75 Å². The number of benzene rings is 2. The van der Waals surface area contributed by atoms with E-state index in [4.69, 9.17) is 4.74 Å². The minimum atomic E-state index is -0.317. The van der Waals surface area contributed by atoms with E-state index in [1.165, 1.54) is 17.3 Å². The largest absolute Gasteiger partial charge is 0.491 e. The van der Waals surface area contributed by atoms with E-state index in [0.717, 1.165) is 11.4 Å². The van der Waals surface area contributed by atoms with Crippen molar-refractivity contribution in [1.29, 1.82) is 0 Å². The van der Waals surface area contributed by atoms with Crippen molar-refractivity contribution in [2.75, 3.05) is 10.6 Å². The Hall–Kier alpha value is -3.41. The third kappa shape index (κ3) is 5.07. The number of carbonyl (C=O) groups excluding carboxylic acids is 1. The number of rotatable bonds is 6. The van der Waals surface area contributed by atoms with Crippen molar-refractivity contribution < 1.29 is 9.53 Å². The number of amides is 1. The van der Waals surface area contributed by atoms with Crippen LogP contribution in [-0.4, -0.2) is 22.0 Å². The van der Waals surface area contributed by atoms with Gasteiger partial charge in [-0.1, -0.05) is 6.07 Å². The number of nitrogens with one attached hydrogen (secondary N) is 2. The number of carbonyl (C=O) groups is 1. The monoisotopic (exact) mass is 376 g/mol. The quantitative estimate of drug-likeness (QED) is 0.641. The van der Waals surface area contributed by atoms with Crippen molar-refractivity contribution in [3.05, 3.63) is 71.7 Å².